The van der Waals surface area contributed by atoms with Crippen LogP contribution < -0.4 is 11.1 Å². The average molecular weight is 359 g/mol. The Morgan fingerprint density at radius 1 is 1.17 bits per heavy atom. The van der Waals surface area contributed by atoms with E-state index in [-0.39, 0.29) is 36.8 Å². The summed E-state index contributed by atoms with van der Waals surface area (Å²) in [6, 6.07) is 9.47. The molecule has 7 heteroatoms. The van der Waals surface area contributed by atoms with Gasteiger partial charge >= 0.3 is 0 Å². The van der Waals surface area contributed by atoms with E-state index in [1.807, 2.05) is 55.8 Å². The van der Waals surface area contributed by atoms with E-state index in [4.69, 9.17) is 5.73 Å². The zero-order chi connectivity index (χ0) is 15.6. The Morgan fingerprint density at radius 3 is 2.17 bits per heavy atom. The Bertz CT molecular complexity index is 638. The van der Waals surface area contributed by atoms with Gasteiger partial charge in [0.15, 0.2) is 0 Å². The molecule has 3 N–H and O–H groups in total. The fourth-order valence-corrected chi connectivity index (χ4v) is 2.22. The number of nitrogens with one attached hydrogen (secondary N) is 1. The van der Waals surface area contributed by atoms with E-state index in [2.05, 4.69) is 10.4 Å². The van der Waals surface area contributed by atoms with Gasteiger partial charge in [-0.25, -0.2) is 4.68 Å². The molecule has 0 bridgehead atoms. The van der Waals surface area contributed by atoms with E-state index in [1.54, 1.807) is 6.92 Å². The number of nitrogens with two attached hydrogens (primary N) is 1. The highest BCUT2D eigenvalue weighted by Crippen LogP contribution is 2.17. The normalized spacial score (nSPS) is 12.6. The topological polar surface area (TPSA) is 72.9 Å². The van der Waals surface area contributed by atoms with Gasteiger partial charge in [0.2, 0.25) is 5.91 Å². The molecule has 0 aliphatic heterocycles. The highest BCUT2D eigenvalue weighted by Gasteiger charge is 2.13. The van der Waals surface area contributed by atoms with Crippen molar-refractivity contribution in [2.75, 3.05) is 0 Å². The summed E-state index contributed by atoms with van der Waals surface area (Å²) in [4.78, 5) is 11.6. The third kappa shape index (κ3) is 5.23. The molecule has 1 heterocycles. The van der Waals surface area contributed by atoms with Crippen LogP contribution in [0.5, 0.6) is 0 Å². The number of halogens is 2. The van der Waals surface area contributed by atoms with Crippen LogP contribution in [0.2, 0.25) is 0 Å². The molecule has 0 spiro atoms. The van der Waals surface area contributed by atoms with Crippen LogP contribution >= 0.6 is 24.8 Å². The average Bonchev–Trinajstić information content (AvgIpc) is 2.77. The first kappa shape index (κ1) is 21.4. The van der Waals surface area contributed by atoms with Crippen LogP contribution in [-0.4, -0.2) is 21.7 Å². The van der Waals surface area contributed by atoms with Crippen molar-refractivity contribution in [1.82, 2.24) is 15.1 Å². The molecular weight excluding hydrogens is 335 g/mol. The molecule has 1 aromatic heterocycles. The summed E-state index contributed by atoms with van der Waals surface area (Å²) in [5.41, 5.74) is 9.69. The number of carbonyl (C=O) groups excluding carboxylic acids is 1. The summed E-state index contributed by atoms with van der Waals surface area (Å²) in [5.74, 6) is -0.148. The highest BCUT2D eigenvalue weighted by molar-refractivity contribution is 5.85. The Labute approximate surface area is 149 Å². The van der Waals surface area contributed by atoms with Gasteiger partial charge in [-0.15, -0.1) is 24.8 Å². The van der Waals surface area contributed by atoms with E-state index in [0.717, 1.165) is 22.6 Å². The molecule has 0 radical (unpaired) electrons. The van der Waals surface area contributed by atoms with E-state index in [1.165, 1.54) is 0 Å². The van der Waals surface area contributed by atoms with Gasteiger partial charge in [0.25, 0.3) is 0 Å². The third-order valence-electron chi connectivity index (χ3n) is 3.42. The first-order chi connectivity index (χ1) is 9.88. The number of benzene rings is 1. The van der Waals surface area contributed by atoms with Crippen molar-refractivity contribution in [1.29, 1.82) is 0 Å². The summed E-state index contributed by atoms with van der Waals surface area (Å²) in [7, 11) is 0. The summed E-state index contributed by atoms with van der Waals surface area (Å²) >= 11 is 0. The van der Waals surface area contributed by atoms with Gasteiger partial charge in [-0.3, -0.25) is 4.79 Å². The zero-order valence-corrected chi connectivity index (χ0v) is 15.4. The summed E-state index contributed by atoms with van der Waals surface area (Å²) in [6.07, 6.45) is 0. The van der Waals surface area contributed by atoms with E-state index < -0.39 is 6.04 Å². The van der Waals surface area contributed by atoms with Gasteiger partial charge in [-0.2, -0.15) is 5.10 Å². The van der Waals surface area contributed by atoms with Crippen molar-refractivity contribution in [3.63, 3.8) is 0 Å². The summed E-state index contributed by atoms with van der Waals surface area (Å²) in [5, 5.41) is 7.34. The van der Waals surface area contributed by atoms with Crippen LogP contribution in [-0.2, 0) is 4.79 Å². The van der Waals surface area contributed by atoms with Crippen LogP contribution in [0.15, 0.2) is 30.3 Å². The number of aryl methyl sites for hydroxylation is 2. The predicted octanol–water partition coefficient (Wildman–Crippen LogP) is 2.86. The molecule has 0 saturated heterocycles. The second kappa shape index (κ2) is 8.91. The quantitative estimate of drug-likeness (QED) is 0.882. The fraction of sp³-hybridized carbons (Fsp3) is 0.375. The standard InChI is InChI=1S/C16H22N4O.2ClH/c1-10-9-11(2)20(19-10)15-7-5-14(6-8-15)13(4)18-16(21)12(3)17;;/h5-9,12-13H,17H2,1-4H3,(H,18,21);2*1H/t12-,13?;;/m1../s1. The molecule has 128 valence electrons. The largest absolute Gasteiger partial charge is 0.348 e. The Kier molecular flexibility index (Phi) is 8.31. The molecule has 2 aromatic rings. The molecule has 0 aliphatic rings. The van der Waals surface area contributed by atoms with Gasteiger partial charge in [-0.05, 0) is 51.5 Å². The lowest BCUT2D eigenvalue weighted by Gasteiger charge is -2.16. The molecule has 0 fully saturated rings. The Morgan fingerprint density at radius 2 is 1.74 bits per heavy atom. The first-order valence-corrected chi connectivity index (χ1v) is 7.08. The van der Waals surface area contributed by atoms with E-state index in [9.17, 15) is 4.79 Å². The van der Waals surface area contributed by atoms with Crippen LogP contribution in [0.1, 0.15) is 36.8 Å². The SMILES string of the molecule is Cc1cc(C)n(-c2ccc(C(C)NC(=O)[C@@H](C)N)cc2)n1.Cl.Cl. The lowest BCUT2D eigenvalue weighted by atomic mass is 10.1. The molecule has 1 unspecified atom stereocenters. The van der Waals surface area contributed by atoms with Gasteiger partial charge < -0.3 is 11.1 Å². The number of carbonyl (C=O) groups is 1. The van der Waals surface area contributed by atoms with Crippen LogP contribution in [0.3, 0.4) is 0 Å². The van der Waals surface area contributed by atoms with Crippen molar-refractivity contribution in [3.8, 4) is 5.69 Å². The maximum atomic E-state index is 11.6. The van der Waals surface area contributed by atoms with Crippen molar-refractivity contribution in [2.45, 2.75) is 39.8 Å². The lowest BCUT2D eigenvalue weighted by Crippen LogP contribution is -2.39. The molecule has 2 atom stereocenters. The Hall–Kier alpha value is -1.56. The maximum Gasteiger partial charge on any atom is 0.237 e. The molecule has 0 saturated carbocycles. The van der Waals surface area contributed by atoms with Crippen LogP contribution in [0, 0.1) is 13.8 Å². The smallest absolute Gasteiger partial charge is 0.237 e. The Balaban J connectivity index is 0.00000242. The van der Waals surface area contributed by atoms with E-state index in [0.29, 0.717) is 0 Å². The minimum atomic E-state index is -0.499. The minimum absolute atomic E-state index is 0. The number of hydrogen-bond acceptors (Lipinski definition) is 3. The zero-order valence-electron chi connectivity index (χ0n) is 13.7. The highest BCUT2D eigenvalue weighted by atomic mass is 35.5. The van der Waals surface area contributed by atoms with Crippen LogP contribution in [0.4, 0.5) is 0 Å². The molecule has 5 nitrogen and oxygen atoms in total. The van der Waals surface area contributed by atoms with Gasteiger partial charge in [0, 0.05) is 5.69 Å². The molecule has 1 amide bonds. The second-order valence-electron chi connectivity index (χ2n) is 5.45. The van der Waals surface area contributed by atoms with Crippen molar-refractivity contribution < 1.29 is 4.79 Å². The van der Waals surface area contributed by atoms with Crippen molar-refractivity contribution in [2.24, 2.45) is 5.73 Å². The third-order valence-corrected chi connectivity index (χ3v) is 3.42. The van der Waals surface area contributed by atoms with Gasteiger partial charge in [0.1, 0.15) is 0 Å². The molecule has 2 rings (SSSR count). The van der Waals surface area contributed by atoms with Gasteiger partial charge in [-0.1, -0.05) is 12.1 Å². The van der Waals surface area contributed by atoms with Crippen molar-refractivity contribution in [3.05, 3.63) is 47.3 Å². The second-order valence-corrected chi connectivity index (χ2v) is 5.45. The minimum Gasteiger partial charge on any atom is -0.348 e. The monoisotopic (exact) mass is 358 g/mol. The maximum absolute atomic E-state index is 11.6. The number of rotatable bonds is 4. The number of nitrogens with zero attached hydrogens (tertiary/aromatic N) is 2. The molecule has 0 aliphatic carbocycles. The summed E-state index contributed by atoms with van der Waals surface area (Å²) < 4.78 is 1.91. The molecule has 23 heavy (non-hydrogen) atoms. The van der Waals surface area contributed by atoms with Gasteiger partial charge in [0.05, 0.1) is 23.5 Å². The van der Waals surface area contributed by atoms with Crippen LogP contribution in [0.25, 0.3) is 5.69 Å². The predicted molar refractivity (Wildman–Crippen MR) is 97.7 cm³/mol. The van der Waals surface area contributed by atoms with E-state index >= 15 is 0 Å². The summed E-state index contributed by atoms with van der Waals surface area (Å²) in [6.45, 7) is 7.62. The number of aromatic nitrogens is 2. The molecular formula is C16H24Cl2N4O. The number of amides is 1. The number of hydrogen-bond donors (Lipinski definition) is 2. The first-order valence-electron chi connectivity index (χ1n) is 7.08. The molecule has 1 aromatic carbocycles. The van der Waals surface area contributed by atoms with Crippen molar-refractivity contribution >= 4 is 30.7 Å². The lowest BCUT2D eigenvalue weighted by molar-refractivity contribution is -0.122. The fourth-order valence-electron chi connectivity index (χ4n) is 2.22.